The molecule has 0 radical (unpaired) electrons. The number of fused-ring (bicyclic) bond motifs is 1. The van der Waals surface area contributed by atoms with E-state index in [9.17, 15) is 14.4 Å². The second-order valence-corrected chi connectivity index (χ2v) is 7.64. The van der Waals surface area contributed by atoms with Crippen LogP contribution in [0.15, 0.2) is 42.5 Å². The number of nitrogens with one attached hydrogen (secondary N) is 1. The van der Waals surface area contributed by atoms with Crippen LogP contribution in [0.2, 0.25) is 0 Å². The number of benzene rings is 2. The topological polar surface area (TPSA) is 65.4 Å². The summed E-state index contributed by atoms with van der Waals surface area (Å²) in [6.07, 6.45) is 0.684. The molecule has 4 rings (SSSR count). The van der Waals surface area contributed by atoms with Gasteiger partial charge in [0.2, 0.25) is 0 Å². The third-order valence-corrected chi connectivity index (χ3v) is 5.81. The van der Waals surface area contributed by atoms with Gasteiger partial charge in [-0.3, -0.25) is 4.79 Å². The fraction of sp³-hybridized carbons (Fsp3) is 0.364. The first-order valence-corrected chi connectivity index (χ1v) is 9.33. The van der Waals surface area contributed by atoms with Gasteiger partial charge in [-0.1, -0.05) is 18.2 Å². The molecule has 1 saturated heterocycles. The predicted molar refractivity (Wildman–Crippen MR) is 102 cm³/mol. The lowest BCUT2D eigenvalue weighted by Crippen LogP contribution is -2.47. The number of ketones is 1. The molecular weight excluding hydrogens is 357 g/mol. The van der Waals surface area contributed by atoms with Gasteiger partial charge in [-0.15, -0.1) is 0 Å². The van der Waals surface area contributed by atoms with Gasteiger partial charge < -0.3 is 15.0 Å². The van der Waals surface area contributed by atoms with E-state index in [4.69, 9.17) is 4.74 Å². The molecule has 2 aromatic carbocycles. The summed E-state index contributed by atoms with van der Waals surface area (Å²) in [7, 11) is 4.00. The van der Waals surface area contributed by atoms with E-state index in [1.807, 2.05) is 14.1 Å². The molecule has 144 valence electrons. The monoisotopic (exact) mass is 379 g/mol. The fourth-order valence-electron chi connectivity index (χ4n) is 4.21. The summed E-state index contributed by atoms with van der Waals surface area (Å²) < 4.78 is 19.7. The highest BCUT2D eigenvalue weighted by atomic mass is 19.1. The van der Waals surface area contributed by atoms with E-state index in [-0.39, 0.29) is 30.3 Å². The van der Waals surface area contributed by atoms with Gasteiger partial charge in [-0.25, -0.2) is 4.39 Å². The smallest absolute Gasteiger partial charge is 0.190 e. The number of nitriles is 1. The number of likely N-dealkylation sites (N-methyl/N-ethyl adjacent to an activating group) is 1. The Labute approximate surface area is 163 Å². The quantitative estimate of drug-likeness (QED) is 0.883. The van der Waals surface area contributed by atoms with E-state index in [1.165, 1.54) is 12.1 Å². The molecular formula is C22H22FN3O2. The maximum atomic E-state index is 13.8. The SMILES string of the molecule is CN(C)C1CN[C@H](C(=O)[C@]2(c3ccc(F)cc3)OCc3cc(C#N)ccc32)C1. The van der Waals surface area contributed by atoms with Crippen molar-refractivity contribution in [1.29, 1.82) is 5.26 Å². The second kappa shape index (κ2) is 7.10. The first kappa shape index (κ1) is 18.8. The summed E-state index contributed by atoms with van der Waals surface area (Å²) in [6, 6.07) is 13.2. The third kappa shape index (κ3) is 2.92. The molecule has 0 aliphatic carbocycles. The Morgan fingerprint density at radius 1 is 1.29 bits per heavy atom. The van der Waals surface area contributed by atoms with Gasteiger partial charge in [-0.2, -0.15) is 5.26 Å². The molecule has 1 fully saturated rings. The average molecular weight is 379 g/mol. The van der Waals surface area contributed by atoms with Gasteiger partial charge in [0.25, 0.3) is 0 Å². The van der Waals surface area contributed by atoms with Gasteiger partial charge >= 0.3 is 0 Å². The van der Waals surface area contributed by atoms with Crippen molar-refractivity contribution >= 4 is 5.78 Å². The molecule has 0 spiro atoms. The molecule has 0 bridgehead atoms. The van der Waals surface area contributed by atoms with E-state index in [0.717, 1.165) is 17.7 Å². The van der Waals surface area contributed by atoms with Crippen LogP contribution >= 0.6 is 0 Å². The third-order valence-electron chi connectivity index (χ3n) is 5.81. The molecule has 5 nitrogen and oxygen atoms in total. The zero-order chi connectivity index (χ0) is 19.9. The molecule has 3 atom stereocenters. The zero-order valence-corrected chi connectivity index (χ0v) is 15.9. The van der Waals surface area contributed by atoms with E-state index < -0.39 is 5.60 Å². The van der Waals surface area contributed by atoms with Crippen LogP contribution in [0.4, 0.5) is 4.39 Å². The van der Waals surface area contributed by atoms with Crippen molar-refractivity contribution in [3.63, 3.8) is 0 Å². The van der Waals surface area contributed by atoms with Crippen LogP contribution in [-0.4, -0.2) is 43.4 Å². The summed E-state index contributed by atoms with van der Waals surface area (Å²) >= 11 is 0. The molecule has 2 aliphatic rings. The van der Waals surface area contributed by atoms with Crippen molar-refractivity contribution in [3.05, 3.63) is 70.5 Å². The fourth-order valence-corrected chi connectivity index (χ4v) is 4.21. The van der Waals surface area contributed by atoms with Crippen LogP contribution in [0.1, 0.15) is 28.7 Å². The number of carbonyl (C=O) groups is 1. The molecule has 28 heavy (non-hydrogen) atoms. The van der Waals surface area contributed by atoms with Gasteiger partial charge in [0, 0.05) is 18.2 Å². The second-order valence-electron chi connectivity index (χ2n) is 7.64. The van der Waals surface area contributed by atoms with Crippen LogP contribution in [-0.2, 0) is 21.7 Å². The van der Waals surface area contributed by atoms with E-state index in [2.05, 4.69) is 16.3 Å². The van der Waals surface area contributed by atoms with Crippen LogP contribution in [0.5, 0.6) is 0 Å². The Bertz CT molecular complexity index is 951. The molecule has 0 amide bonds. The summed E-state index contributed by atoms with van der Waals surface area (Å²) in [5.41, 5.74) is 1.39. The molecule has 6 heteroatoms. The predicted octanol–water partition coefficient (Wildman–Crippen LogP) is 2.33. The average Bonchev–Trinajstić information content (AvgIpc) is 3.33. The van der Waals surface area contributed by atoms with Crippen molar-refractivity contribution in [2.75, 3.05) is 20.6 Å². The van der Waals surface area contributed by atoms with Gasteiger partial charge in [-0.05, 0) is 55.9 Å². The van der Waals surface area contributed by atoms with Crippen LogP contribution < -0.4 is 5.32 Å². The van der Waals surface area contributed by atoms with Crippen molar-refractivity contribution in [3.8, 4) is 6.07 Å². The summed E-state index contributed by atoms with van der Waals surface area (Å²) in [5.74, 6) is -0.442. The van der Waals surface area contributed by atoms with Gasteiger partial charge in [0.1, 0.15) is 5.82 Å². The standard InChI is InChI=1S/C22H22FN3O2/c1-26(2)18-10-20(25-12-18)21(27)22(16-4-6-17(23)7-5-16)19-8-3-14(11-24)9-15(19)13-28-22/h3-9,18,20,25H,10,12-13H2,1-2H3/t18?,20-,22+/m0/s1. The highest BCUT2D eigenvalue weighted by Gasteiger charge is 2.51. The Kier molecular flexibility index (Phi) is 4.76. The molecule has 0 saturated carbocycles. The lowest BCUT2D eigenvalue weighted by molar-refractivity contribution is -0.141. The Balaban J connectivity index is 1.80. The zero-order valence-electron chi connectivity index (χ0n) is 15.9. The van der Waals surface area contributed by atoms with Crippen molar-refractivity contribution in [2.24, 2.45) is 0 Å². The van der Waals surface area contributed by atoms with Crippen molar-refractivity contribution in [1.82, 2.24) is 10.2 Å². The van der Waals surface area contributed by atoms with E-state index in [1.54, 1.807) is 30.3 Å². The van der Waals surface area contributed by atoms with Crippen molar-refractivity contribution in [2.45, 2.75) is 30.7 Å². The summed E-state index contributed by atoms with van der Waals surface area (Å²) in [4.78, 5) is 15.9. The number of halogens is 1. The number of Topliss-reactive ketones (excluding diaryl/α,β-unsaturated/α-hetero) is 1. The summed E-state index contributed by atoms with van der Waals surface area (Å²) in [6.45, 7) is 0.959. The number of rotatable bonds is 4. The highest BCUT2D eigenvalue weighted by Crippen LogP contribution is 2.44. The first-order valence-electron chi connectivity index (χ1n) is 9.33. The Morgan fingerprint density at radius 2 is 2.04 bits per heavy atom. The summed E-state index contributed by atoms with van der Waals surface area (Å²) in [5, 5.41) is 12.5. The van der Waals surface area contributed by atoms with Crippen LogP contribution in [0, 0.1) is 17.1 Å². The van der Waals surface area contributed by atoms with Crippen LogP contribution in [0.25, 0.3) is 0 Å². The minimum atomic E-state index is -1.30. The lowest BCUT2D eigenvalue weighted by Gasteiger charge is -2.31. The Hall–Kier alpha value is -2.59. The molecule has 1 unspecified atom stereocenters. The molecule has 2 aliphatic heterocycles. The molecule has 0 aromatic heterocycles. The van der Waals surface area contributed by atoms with Crippen LogP contribution in [0.3, 0.4) is 0 Å². The maximum absolute atomic E-state index is 13.8. The first-order chi connectivity index (χ1) is 13.5. The normalized spacial score (nSPS) is 26.2. The lowest BCUT2D eigenvalue weighted by atomic mass is 9.79. The number of carbonyl (C=O) groups excluding carboxylic acids is 1. The van der Waals surface area contributed by atoms with Gasteiger partial charge in [0.15, 0.2) is 11.4 Å². The van der Waals surface area contributed by atoms with Gasteiger partial charge in [0.05, 0.1) is 24.3 Å². The highest BCUT2D eigenvalue weighted by molar-refractivity contribution is 5.97. The number of nitrogens with zero attached hydrogens (tertiary/aromatic N) is 2. The van der Waals surface area contributed by atoms with E-state index >= 15 is 0 Å². The number of hydrogen-bond acceptors (Lipinski definition) is 5. The van der Waals surface area contributed by atoms with Crippen molar-refractivity contribution < 1.29 is 13.9 Å². The number of ether oxygens (including phenoxy) is 1. The molecule has 2 aromatic rings. The molecule has 2 heterocycles. The maximum Gasteiger partial charge on any atom is 0.190 e. The Morgan fingerprint density at radius 3 is 2.68 bits per heavy atom. The minimum absolute atomic E-state index is 0.0769. The van der Waals surface area contributed by atoms with E-state index in [0.29, 0.717) is 17.5 Å². The number of hydrogen-bond donors (Lipinski definition) is 1. The molecule has 1 N–H and O–H groups in total. The minimum Gasteiger partial charge on any atom is -0.353 e. The largest absolute Gasteiger partial charge is 0.353 e.